The summed E-state index contributed by atoms with van der Waals surface area (Å²) in [6.45, 7) is 5.92. The minimum atomic E-state index is -0.313. The fraction of sp³-hybridized carbons (Fsp3) is 0.429. The van der Waals surface area contributed by atoms with Crippen LogP contribution in [-0.4, -0.2) is 41.5 Å². The lowest BCUT2D eigenvalue weighted by Gasteiger charge is -2.36. The molecule has 6 nitrogen and oxygen atoms in total. The Bertz CT molecular complexity index is 889. The van der Waals surface area contributed by atoms with Gasteiger partial charge in [-0.2, -0.15) is 0 Å². The second-order valence-electron chi connectivity index (χ2n) is 7.41. The largest absolute Gasteiger partial charge is 0.495 e. The number of carbonyl (C=O) groups excluding carboxylic acids is 2. The summed E-state index contributed by atoms with van der Waals surface area (Å²) in [5.74, 6) is 0.389. The lowest BCUT2D eigenvalue weighted by molar-refractivity contribution is -0.139. The van der Waals surface area contributed by atoms with Crippen LogP contribution in [0.4, 0.5) is 5.69 Å². The van der Waals surface area contributed by atoms with Gasteiger partial charge in [-0.25, -0.2) is 0 Å². The number of fused-ring (bicyclic) bond motifs is 1. The molecule has 27 heavy (non-hydrogen) atoms. The van der Waals surface area contributed by atoms with Crippen LogP contribution in [0.5, 0.6) is 5.75 Å². The highest BCUT2D eigenvalue weighted by atomic mass is 16.5. The van der Waals surface area contributed by atoms with Crippen LogP contribution >= 0.6 is 0 Å². The summed E-state index contributed by atoms with van der Waals surface area (Å²) in [7, 11) is 1.60. The first kappa shape index (κ1) is 17.6. The van der Waals surface area contributed by atoms with Gasteiger partial charge < -0.3 is 19.1 Å². The molecule has 2 aliphatic heterocycles. The Balaban J connectivity index is 1.55. The van der Waals surface area contributed by atoms with E-state index < -0.39 is 0 Å². The molecule has 2 amide bonds. The predicted molar refractivity (Wildman–Crippen MR) is 103 cm³/mol. The molecule has 0 N–H and O–H groups in total. The molecule has 0 bridgehead atoms. The van der Waals surface area contributed by atoms with E-state index >= 15 is 0 Å². The molecule has 3 heterocycles. The van der Waals surface area contributed by atoms with E-state index in [0.29, 0.717) is 18.8 Å². The van der Waals surface area contributed by atoms with Crippen LogP contribution < -0.4 is 9.64 Å². The lowest BCUT2D eigenvalue weighted by atomic mass is 10.0. The molecule has 6 heteroatoms. The fourth-order valence-corrected chi connectivity index (χ4v) is 4.23. The zero-order chi connectivity index (χ0) is 19.1. The Morgan fingerprint density at radius 2 is 2.04 bits per heavy atom. The quantitative estimate of drug-likeness (QED) is 0.838. The van der Waals surface area contributed by atoms with Crippen molar-refractivity contribution >= 4 is 17.5 Å². The maximum Gasteiger partial charge on any atom is 0.228 e. The number of benzene rings is 1. The highest BCUT2D eigenvalue weighted by Gasteiger charge is 2.40. The average Bonchev–Trinajstić information content (AvgIpc) is 3.28. The highest BCUT2D eigenvalue weighted by Crippen LogP contribution is 2.35. The van der Waals surface area contributed by atoms with Crippen LogP contribution in [0.3, 0.4) is 0 Å². The van der Waals surface area contributed by atoms with Gasteiger partial charge in [-0.15, -0.1) is 0 Å². The van der Waals surface area contributed by atoms with Gasteiger partial charge in [0.05, 0.1) is 24.8 Å². The van der Waals surface area contributed by atoms with Crippen LogP contribution in [0.2, 0.25) is 0 Å². The van der Waals surface area contributed by atoms with Crippen LogP contribution in [0, 0.1) is 12.8 Å². The molecule has 0 saturated carbocycles. The van der Waals surface area contributed by atoms with Crippen molar-refractivity contribution in [2.75, 3.05) is 25.1 Å². The topological polar surface area (TPSA) is 54.8 Å². The molecule has 1 saturated heterocycles. The predicted octanol–water partition coefficient (Wildman–Crippen LogP) is 2.76. The van der Waals surface area contributed by atoms with E-state index in [1.807, 2.05) is 36.1 Å². The molecule has 0 spiro atoms. The number of methoxy groups -OCH3 is 1. The molecule has 2 aromatic rings. The molecule has 1 aromatic heterocycles. The van der Waals surface area contributed by atoms with Crippen molar-refractivity contribution in [1.29, 1.82) is 0 Å². The van der Waals surface area contributed by atoms with Gasteiger partial charge >= 0.3 is 0 Å². The Hall–Kier alpha value is -2.76. The Kier molecular flexibility index (Phi) is 4.42. The summed E-state index contributed by atoms with van der Waals surface area (Å²) in [4.78, 5) is 29.5. The van der Waals surface area contributed by atoms with Gasteiger partial charge in [-0.05, 0) is 43.7 Å². The van der Waals surface area contributed by atoms with Crippen molar-refractivity contribution in [3.8, 4) is 5.75 Å². The SMILES string of the molecule is COc1ccc(C)cc1N1CC(C(=O)N2CCn3cccc3C2C)CC1=O. The number of ether oxygens (including phenoxy) is 1. The molecular formula is C21H25N3O3. The minimum Gasteiger partial charge on any atom is -0.495 e. The molecule has 142 valence electrons. The second kappa shape index (κ2) is 6.76. The van der Waals surface area contributed by atoms with Gasteiger partial charge in [0.25, 0.3) is 0 Å². The number of hydrogen-bond acceptors (Lipinski definition) is 3. The van der Waals surface area contributed by atoms with Crippen molar-refractivity contribution in [2.45, 2.75) is 32.9 Å². The summed E-state index contributed by atoms with van der Waals surface area (Å²) in [6.07, 6.45) is 2.30. The number of nitrogens with zero attached hydrogens (tertiary/aromatic N) is 3. The maximum atomic E-state index is 13.2. The number of carbonyl (C=O) groups is 2. The van der Waals surface area contributed by atoms with Gasteiger partial charge in [0, 0.05) is 37.9 Å². The van der Waals surface area contributed by atoms with Crippen LogP contribution in [0.15, 0.2) is 36.5 Å². The first-order valence-corrected chi connectivity index (χ1v) is 9.40. The molecule has 4 rings (SSSR count). The summed E-state index contributed by atoms with van der Waals surface area (Å²) in [5.41, 5.74) is 2.95. The van der Waals surface area contributed by atoms with E-state index in [0.717, 1.165) is 23.5 Å². The summed E-state index contributed by atoms with van der Waals surface area (Å²) < 4.78 is 7.62. The van der Waals surface area contributed by atoms with Crippen molar-refractivity contribution in [1.82, 2.24) is 9.47 Å². The van der Waals surface area contributed by atoms with Crippen molar-refractivity contribution in [2.24, 2.45) is 5.92 Å². The number of anilines is 1. The minimum absolute atomic E-state index is 0.0229. The standard InChI is InChI=1S/C21H25N3O3/c1-14-6-7-19(27-3)18(11-14)24-13-16(12-20(24)25)21(26)23-10-9-22-8-4-5-17(22)15(23)2/h4-8,11,15-16H,9-10,12-13H2,1-3H3. The van der Waals surface area contributed by atoms with Gasteiger partial charge in [-0.3, -0.25) is 9.59 Å². The fourth-order valence-electron chi connectivity index (χ4n) is 4.23. The molecule has 2 unspecified atom stereocenters. The Labute approximate surface area is 159 Å². The molecule has 2 atom stereocenters. The Morgan fingerprint density at radius 1 is 1.22 bits per heavy atom. The van der Waals surface area contributed by atoms with Gasteiger partial charge in [-0.1, -0.05) is 6.07 Å². The number of aryl methyl sites for hydroxylation is 1. The molecular weight excluding hydrogens is 342 g/mol. The number of rotatable bonds is 3. The van der Waals surface area contributed by atoms with E-state index in [1.54, 1.807) is 12.0 Å². The van der Waals surface area contributed by atoms with Crippen molar-refractivity contribution in [3.63, 3.8) is 0 Å². The van der Waals surface area contributed by atoms with Crippen molar-refractivity contribution in [3.05, 3.63) is 47.8 Å². The van der Waals surface area contributed by atoms with E-state index in [9.17, 15) is 9.59 Å². The molecule has 2 aliphatic rings. The first-order chi connectivity index (χ1) is 13.0. The van der Waals surface area contributed by atoms with Crippen molar-refractivity contribution < 1.29 is 14.3 Å². The second-order valence-corrected chi connectivity index (χ2v) is 7.41. The molecule has 1 fully saturated rings. The number of aromatic nitrogens is 1. The lowest BCUT2D eigenvalue weighted by Crippen LogP contribution is -2.44. The van der Waals surface area contributed by atoms with E-state index in [4.69, 9.17) is 4.74 Å². The zero-order valence-corrected chi connectivity index (χ0v) is 16.0. The third kappa shape index (κ3) is 2.99. The number of hydrogen-bond donors (Lipinski definition) is 0. The normalized spacial score (nSPS) is 22.1. The van der Waals surface area contributed by atoms with Gasteiger partial charge in [0.2, 0.25) is 11.8 Å². The summed E-state index contributed by atoms with van der Waals surface area (Å²) in [5, 5.41) is 0. The van der Waals surface area contributed by atoms with Crippen LogP contribution in [0.1, 0.15) is 30.6 Å². The van der Waals surface area contributed by atoms with Gasteiger partial charge in [0.15, 0.2) is 0 Å². The van der Waals surface area contributed by atoms with Gasteiger partial charge in [0.1, 0.15) is 5.75 Å². The summed E-state index contributed by atoms with van der Waals surface area (Å²) in [6, 6.07) is 9.88. The third-order valence-electron chi connectivity index (χ3n) is 5.72. The van der Waals surface area contributed by atoms with E-state index in [1.165, 1.54) is 0 Å². The molecule has 0 aliphatic carbocycles. The first-order valence-electron chi connectivity index (χ1n) is 9.40. The molecule has 1 aromatic carbocycles. The van der Waals surface area contributed by atoms with Crippen LogP contribution in [0.25, 0.3) is 0 Å². The number of amides is 2. The monoisotopic (exact) mass is 367 g/mol. The Morgan fingerprint density at radius 3 is 2.81 bits per heavy atom. The molecule has 0 radical (unpaired) electrons. The third-order valence-corrected chi connectivity index (χ3v) is 5.72. The van der Waals surface area contributed by atoms with E-state index in [2.05, 4.69) is 23.8 Å². The summed E-state index contributed by atoms with van der Waals surface area (Å²) >= 11 is 0. The highest BCUT2D eigenvalue weighted by molar-refractivity contribution is 6.01. The average molecular weight is 367 g/mol. The zero-order valence-electron chi connectivity index (χ0n) is 16.0. The van der Waals surface area contributed by atoms with E-state index in [-0.39, 0.29) is 30.2 Å². The van der Waals surface area contributed by atoms with Crippen LogP contribution in [-0.2, 0) is 16.1 Å². The smallest absolute Gasteiger partial charge is 0.228 e. The maximum absolute atomic E-state index is 13.2.